The number of hydrogen-bond donors (Lipinski definition) is 1. The van der Waals surface area contributed by atoms with Crippen molar-refractivity contribution in [1.29, 1.82) is 0 Å². The van der Waals surface area contributed by atoms with E-state index >= 15 is 0 Å². The molecule has 29 heavy (non-hydrogen) atoms. The number of quaternary nitrogens is 1. The number of aromatic nitrogens is 1. The summed E-state index contributed by atoms with van der Waals surface area (Å²) in [5, 5.41) is 13.6. The van der Waals surface area contributed by atoms with Crippen LogP contribution < -0.4 is 14.7 Å². The lowest BCUT2D eigenvalue weighted by Crippen LogP contribution is -3.07. The van der Waals surface area contributed by atoms with Crippen LogP contribution in [0.1, 0.15) is 41.3 Å². The molecule has 5 heteroatoms. The van der Waals surface area contributed by atoms with E-state index in [4.69, 9.17) is 4.74 Å². The Morgan fingerprint density at radius 2 is 2.00 bits per heavy atom. The summed E-state index contributed by atoms with van der Waals surface area (Å²) in [6.07, 6.45) is 5.98. The van der Waals surface area contributed by atoms with Gasteiger partial charge < -0.3 is 19.3 Å². The molecule has 0 radical (unpaired) electrons. The molecule has 1 aliphatic rings. The summed E-state index contributed by atoms with van der Waals surface area (Å²) in [5.74, 6) is 0.471. The highest BCUT2D eigenvalue weighted by molar-refractivity contribution is 6.15. The number of ketones is 1. The predicted octanol–water partition coefficient (Wildman–Crippen LogP) is 2.68. The van der Waals surface area contributed by atoms with Gasteiger partial charge in [0.05, 0.1) is 19.2 Å². The minimum atomic E-state index is -0.166. The van der Waals surface area contributed by atoms with E-state index in [1.54, 1.807) is 12.1 Å². The number of nitrogens with zero attached hydrogens (tertiary/aromatic N) is 1. The molecule has 1 atom stereocenters. The van der Waals surface area contributed by atoms with Crippen molar-refractivity contribution in [3.8, 4) is 11.5 Å². The lowest BCUT2D eigenvalue weighted by molar-refractivity contribution is -0.894. The predicted molar refractivity (Wildman–Crippen MR) is 112 cm³/mol. The van der Waals surface area contributed by atoms with Crippen molar-refractivity contribution in [3.05, 3.63) is 65.0 Å². The molecule has 0 bridgehead atoms. The van der Waals surface area contributed by atoms with Gasteiger partial charge in [0.2, 0.25) is 5.78 Å². The smallest absolute Gasteiger partial charge is 0.231 e. The first-order valence-corrected chi connectivity index (χ1v) is 10.1. The van der Waals surface area contributed by atoms with E-state index < -0.39 is 0 Å². The second-order valence-electron chi connectivity index (χ2n) is 7.81. The highest BCUT2D eigenvalue weighted by Crippen LogP contribution is 2.38. The molecular weight excluding hydrogens is 364 g/mol. The minimum Gasteiger partial charge on any atom is -0.872 e. The SMILES string of the molecule is CCCC[NH+](C)Cc1c([O-])ccc2c1OC(=Cc1cn(C)c3ccccc13)C2=O. The summed E-state index contributed by atoms with van der Waals surface area (Å²) in [5.41, 5.74) is 3.08. The molecule has 0 saturated heterocycles. The van der Waals surface area contributed by atoms with Crippen LogP contribution in [-0.4, -0.2) is 23.9 Å². The van der Waals surface area contributed by atoms with Gasteiger partial charge in [0.15, 0.2) is 5.76 Å². The molecule has 5 nitrogen and oxygen atoms in total. The fraction of sp³-hybridized carbons (Fsp3) is 0.292. The van der Waals surface area contributed by atoms with Gasteiger partial charge in [0.25, 0.3) is 0 Å². The number of carbonyl (C=O) groups is 1. The van der Waals surface area contributed by atoms with Gasteiger partial charge >= 0.3 is 0 Å². The first-order valence-electron chi connectivity index (χ1n) is 10.1. The minimum absolute atomic E-state index is 0.0705. The highest BCUT2D eigenvalue weighted by Gasteiger charge is 2.31. The average Bonchev–Trinajstić information content (AvgIpc) is 3.20. The number of para-hydroxylation sites is 1. The number of fused-ring (bicyclic) bond motifs is 2. The first-order chi connectivity index (χ1) is 14.0. The molecule has 0 amide bonds. The average molecular weight is 390 g/mol. The standard InChI is InChI=1S/C24H26N2O3/c1-4-5-12-25(2)15-19-21(27)11-10-18-23(28)22(29-24(18)19)13-16-14-26(3)20-9-7-6-8-17(16)20/h6-11,13-14,27H,4-5,12,15H2,1-3H3. The van der Waals surface area contributed by atoms with Gasteiger partial charge in [-0.05, 0) is 24.6 Å². The summed E-state index contributed by atoms with van der Waals surface area (Å²) >= 11 is 0. The second-order valence-corrected chi connectivity index (χ2v) is 7.81. The van der Waals surface area contributed by atoms with Crippen LogP contribution >= 0.6 is 0 Å². The fourth-order valence-corrected chi connectivity index (χ4v) is 3.95. The number of ether oxygens (including phenoxy) is 1. The Labute approximate surface area is 170 Å². The number of unbranched alkanes of at least 4 members (excludes halogenated alkanes) is 1. The van der Waals surface area contributed by atoms with Gasteiger partial charge in [-0.3, -0.25) is 4.79 Å². The van der Waals surface area contributed by atoms with Gasteiger partial charge in [-0.2, -0.15) is 0 Å². The summed E-state index contributed by atoms with van der Waals surface area (Å²) in [4.78, 5) is 14.2. The maximum atomic E-state index is 13.0. The summed E-state index contributed by atoms with van der Waals surface area (Å²) < 4.78 is 8.02. The third kappa shape index (κ3) is 3.54. The molecule has 0 spiro atoms. The van der Waals surface area contributed by atoms with Gasteiger partial charge in [-0.1, -0.05) is 43.4 Å². The van der Waals surface area contributed by atoms with Crippen molar-refractivity contribution < 1.29 is 19.5 Å². The van der Waals surface area contributed by atoms with Crippen molar-refractivity contribution in [3.63, 3.8) is 0 Å². The zero-order valence-corrected chi connectivity index (χ0v) is 17.1. The van der Waals surface area contributed by atoms with Crippen LogP contribution in [0.2, 0.25) is 0 Å². The number of Topliss-reactive ketones (excluding diaryl/α,β-unsaturated/α-hetero) is 1. The number of carbonyl (C=O) groups excluding carboxylic acids is 1. The van der Waals surface area contributed by atoms with Crippen molar-refractivity contribution in [2.75, 3.05) is 13.6 Å². The lowest BCUT2D eigenvalue weighted by Gasteiger charge is -2.20. The fourth-order valence-electron chi connectivity index (χ4n) is 3.95. The molecule has 0 fully saturated rings. The Hall–Kier alpha value is -3.05. The molecule has 2 aromatic carbocycles. The third-order valence-corrected chi connectivity index (χ3v) is 5.55. The maximum absolute atomic E-state index is 13.0. The van der Waals surface area contributed by atoms with Gasteiger partial charge in [-0.25, -0.2) is 0 Å². The quantitative estimate of drug-likeness (QED) is 0.659. The molecule has 150 valence electrons. The van der Waals surface area contributed by atoms with E-state index in [-0.39, 0.29) is 17.3 Å². The largest absolute Gasteiger partial charge is 0.872 e. The summed E-state index contributed by atoms with van der Waals surface area (Å²) in [6, 6.07) is 11.1. The van der Waals surface area contributed by atoms with E-state index in [1.165, 1.54) is 11.0 Å². The van der Waals surface area contributed by atoms with E-state index in [0.29, 0.717) is 23.4 Å². The van der Waals surface area contributed by atoms with Crippen molar-refractivity contribution in [1.82, 2.24) is 4.57 Å². The maximum Gasteiger partial charge on any atom is 0.231 e. The molecule has 0 saturated carbocycles. The van der Waals surface area contributed by atoms with E-state index in [2.05, 4.69) is 14.0 Å². The summed E-state index contributed by atoms with van der Waals surface area (Å²) in [7, 11) is 4.05. The molecule has 3 aromatic rings. The Balaban J connectivity index is 1.69. The normalized spacial score (nSPS) is 15.7. The Morgan fingerprint density at radius 3 is 2.79 bits per heavy atom. The number of hydrogen-bond acceptors (Lipinski definition) is 3. The molecular formula is C24H26N2O3. The number of nitrogens with one attached hydrogen (secondary N) is 1. The molecule has 1 N–H and O–H groups in total. The van der Waals surface area contributed by atoms with E-state index in [9.17, 15) is 9.90 Å². The lowest BCUT2D eigenvalue weighted by atomic mass is 10.0. The second kappa shape index (κ2) is 7.76. The molecule has 1 aromatic heterocycles. The molecule has 1 aliphatic heterocycles. The number of benzene rings is 2. The van der Waals surface area contributed by atoms with E-state index in [0.717, 1.165) is 35.9 Å². The Kier molecular flexibility index (Phi) is 5.16. The zero-order valence-electron chi connectivity index (χ0n) is 17.1. The van der Waals surface area contributed by atoms with Gasteiger partial charge in [-0.15, -0.1) is 0 Å². The van der Waals surface area contributed by atoms with Crippen LogP contribution in [0.25, 0.3) is 17.0 Å². The van der Waals surface area contributed by atoms with Crippen LogP contribution in [0, 0.1) is 0 Å². The van der Waals surface area contributed by atoms with Crippen LogP contribution in [0.15, 0.2) is 48.4 Å². The summed E-state index contributed by atoms with van der Waals surface area (Å²) in [6.45, 7) is 3.68. The first kappa shape index (κ1) is 19.3. The molecule has 1 unspecified atom stereocenters. The van der Waals surface area contributed by atoms with Gasteiger partial charge in [0, 0.05) is 35.3 Å². The highest BCUT2D eigenvalue weighted by atomic mass is 16.5. The van der Waals surface area contributed by atoms with Crippen LogP contribution in [-0.2, 0) is 13.6 Å². The van der Waals surface area contributed by atoms with Crippen molar-refractivity contribution >= 4 is 22.8 Å². The van der Waals surface area contributed by atoms with Gasteiger partial charge in [0.1, 0.15) is 12.3 Å². The van der Waals surface area contributed by atoms with Crippen molar-refractivity contribution in [2.45, 2.75) is 26.3 Å². The topological polar surface area (TPSA) is 58.7 Å². The van der Waals surface area contributed by atoms with Crippen molar-refractivity contribution in [2.24, 2.45) is 7.05 Å². The number of rotatable bonds is 6. The van der Waals surface area contributed by atoms with Crippen LogP contribution in [0.3, 0.4) is 0 Å². The molecule has 4 rings (SSSR count). The van der Waals surface area contributed by atoms with Crippen LogP contribution in [0.5, 0.6) is 11.5 Å². The Bertz CT molecular complexity index is 1110. The van der Waals surface area contributed by atoms with Crippen LogP contribution in [0.4, 0.5) is 0 Å². The number of aryl methyl sites for hydroxylation is 1. The monoisotopic (exact) mass is 390 g/mol. The molecule has 0 aliphatic carbocycles. The number of allylic oxidation sites excluding steroid dienone is 1. The van der Waals surface area contributed by atoms with E-state index in [1.807, 2.05) is 42.1 Å². The Morgan fingerprint density at radius 1 is 1.21 bits per heavy atom. The third-order valence-electron chi connectivity index (χ3n) is 5.55. The molecule has 2 heterocycles. The zero-order chi connectivity index (χ0) is 20.5.